The van der Waals surface area contributed by atoms with Crippen LogP contribution in [-0.4, -0.2) is 68.1 Å². The molecule has 1 amide bonds. The van der Waals surface area contributed by atoms with Crippen LogP contribution >= 0.6 is 0 Å². The largest absolute Gasteiger partial charge is 0.493 e. The molecule has 1 aliphatic heterocycles. The van der Waals surface area contributed by atoms with Gasteiger partial charge in [0.1, 0.15) is 5.75 Å². The fraction of sp³-hybridized carbons (Fsp3) is 0.632. The maximum absolute atomic E-state index is 12.4. The molecule has 0 unspecified atom stereocenters. The lowest BCUT2D eigenvalue weighted by Crippen LogP contribution is -2.48. The molecule has 1 aromatic rings. The van der Waals surface area contributed by atoms with E-state index in [4.69, 9.17) is 4.74 Å². The molecule has 1 fully saturated rings. The first kappa shape index (κ1) is 18.7. The van der Waals surface area contributed by atoms with Gasteiger partial charge in [-0.3, -0.25) is 4.79 Å². The van der Waals surface area contributed by atoms with Crippen molar-refractivity contribution in [2.24, 2.45) is 5.92 Å². The monoisotopic (exact) mass is 333 g/mol. The van der Waals surface area contributed by atoms with Crippen molar-refractivity contribution in [3.05, 3.63) is 29.8 Å². The molecule has 134 valence electrons. The van der Waals surface area contributed by atoms with E-state index in [-0.39, 0.29) is 5.91 Å². The number of rotatable bonds is 8. The van der Waals surface area contributed by atoms with Crippen LogP contribution in [0.5, 0.6) is 5.75 Å². The zero-order chi connectivity index (χ0) is 17.4. The SMILES string of the molecule is CCOc1ccccc1C(=O)NC[C@H](C)CN1CCN(CC)CC1. The van der Waals surface area contributed by atoms with Gasteiger partial charge < -0.3 is 19.9 Å². The van der Waals surface area contributed by atoms with Crippen molar-refractivity contribution in [2.75, 3.05) is 52.4 Å². The molecular weight excluding hydrogens is 302 g/mol. The van der Waals surface area contributed by atoms with Crippen molar-refractivity contribution in [3.63, 3.8) is 0 Å². The normalized spacial score (nSPS) is 17.5. The van der Waals surface area contributed by atoms with E-state index in [0.717, 1.165) is 39.3 Å². The smallest absolute Gasteiger partial charge is 0.255 e. The minimum absolute atomic E-state index is 0.0540. The second kappa shape index (κ2) is 9.64. The topological polar surface area (TPSA) is 44.8 Å². The molecule has 0 spiro atoms. The van der Waals surface area contributed by atoms with Crippen LogP contribution in [0, 0.1) is 5.92 Å². The number of benzene rings is 1. The summed E-state index contributed by atoms with van der Waals surface area (Å²) in [4.78, 5) is 17.4. The molecule has 1 atom stereocenters. The summed E-state index contributed by atoms with van der Waals surface area (Å²) in [6.45, 7) is 14.3. The first-order valence-corrected chi connectivity index (χ1v) is 9.08. The Bertz CT molecular complexity index is 513. The molecule has 1 saturated heterocycles. The fourth-order valence-corrected chi connectivity index (χ4v) is 3.09. The number of carbonyl (C=O) groups is 1. The molecule has 0 bridgehead atoms. The zero-order valence-corrected chi connectivity index (χ0v) is 15.3. The molecule has 2 rings (SSSR count). The number of hydrogen-bond acceptors (Lipinski definition) is 4. The van der Waals surface area contributed by atoms with Crippen molar-refractivity contribution < 1.29 is 9.53 Å². The van der Waals surface area contributed by atoms with Gasteiger partial charge in [0.05, 0.1) is 12.2 Å². The van der Waals surface area contributed by atoms with Gasteiger partial charge in [0, 0.05) is 39.3 Å². The number of carbonyl (C=O) groups excluding carboxylic acids is 1. The predicted molar refractivity (Wildman–Crippen MR) is 97.7 cm³/mol. The molecule has 0 radical (unpaired) electrons. The van der Waals surface area contributed by atoms with Gasteiger partial charge in [0.25, 0.3) is 5.91 Å². The molecule has 24 heavy (non-hydrogen) atoms. The minimum atomic E-state index is -0.0540. The van der Waals surface area contributed by atoms with Crippen LogP contribution in [-0.2, 0) is 0 Å². The molecule has 0 aromatic heterocycles. The number of amides is 1. The van der Waals surface area contributed by atoms with Gasteiger partial charge in [0.15, 0.2) is 0 Å². The third-order valence-electron chi connectivity index (χ3n) is 4.52. The van der Waals surface area contributed by atoms with Crippen LogP contribution < -0.4 is 10.1 Å². The highest BCUT2D eigenvalue weighted by atomic mass is 16.5. The summed E-state index contributed by atoms with van der Waals surface area (Å²) in [5.41, 5.74) is 0.614. The lowest BCUT2D eigenvalue weighted by atomic mass is 10.1. The highest BCUT2D eigenvalue weighted by molar-refractivity contribution is 5.96. The quantitative estimate of drug-likeness (QED) is 0.791. The maximum atomic E-state index is 12.4. The van der Waals surface area contributed by atoms with E-state index in [1.165, 1.54) is 0 Å². The summed E-state index contributed by atoms with van der Waals surface area (Å²) in [6, 6.07) is 7.42. The molecule has 0 saturated carbocycles. The lowest BCUT2D eigenvalue weighted by Gasteiger charge is -2.35. The first-order valence-electron chi connectivity index (χ1n) is 9.08. The molecule has 5 heteroatoms. The second-order valence-corrected chi connectivity index (χ2v) is 6.48. The van der Waals surface area contributed by atoms with E-state index in [1.54, 1.807) is 0 Å². The Morgan fingerprint density at radius 2 is 1.83 bits per heavy atom. The number of hydrogen-bond donors (Lipinski definition) is 1. The van der Waals surface area contributed by atoms with Gasteiger partial charge in [-0.2, -0.15) is 0 Å². The number of para-hydroxylation sites is 1. The average molecular weight is 333 g/mol. The van der Waals surface area contributed by atoms with Gasteiger partial charge in [-0.1, -0.05) is 26.0 Å². The Labute approximate surface area is 146 Å². The number of likely N-dealkylation sites (N-methyl/N-ethyl adjacent to an activating group) is 1. The van der Waals surface area contributed by atoms with E-state index in [9.17, 15) is 4.79 Å². The van der Waals surface area contributed by atoms with Crippen LogP contribution in [0.3, 0.4) is 0 Å². The Morgan fingerprint density at radius 1 is 1.17 bits per heavy atom. The maximum Gasteiger partial charge on any atom is 0.255 e. The summed E-state index contributed by atoms with van der Waals surface area (Å²) in [7, 11) is 0. The van der Waals surface area contributed by atoms with Gasteiger partial charge in [-0.25, -0.2) is 0 Å². The summed E-state index contributed by atoms with van der Waals surface area (Å²) in [5, 5.41) is 3.05. The lowest BCUT2D eigenvalue weighted by molar-refractivity contribution is 0.0930. The summed E-state index contributed by atoms with van der Waals surface area (Å²) < 4.78 is 5.53. The van der Waals surface area contributed by atoms with E-state index < -0.39 is 0 Å². The zero-order valence-electron chi connectivity index (χ0n) is 15.3. The third-order valence-corrected chi connectivity index (χ3v) is 4.52. The van der Waals surface area contributed by atoms with E-state index >= 15 is 0 Å². The third kappa shape index (κ3) is 5.49. The molecule has 1 heterocycles. The minimum Gasteiger partial charge on any atom is -0.493 e. The van der Waals surface area contributed by atoms with Crippen molar-refractivity contribution in [2.45, 2.75) is 20.8 Å². The molecular formula is C19H31N3O2. The Kier molecular flexibility index (Phi) is 7.53. The van der Waals surface area contributed by atoms with Crippen LogP contribution in [0.15, 0.2) is 24.3 Å². The first-order chi connectivity index (χ1) is 11.6. The van der Waals surface area contributed by atoms with Crippen molar-refractivity contribution >= 4 is 5.91 Å². The van der Waals surface area contributed by atoms with Crippen LogP contribution in [0.25, 0.3) is 0 Å². The predicted octanol–water partition coefficient (Wildman–Crippen LogP) is 2.09. The Balaban J connectivity index is 1.77. The van der Waals surface area contributed by atoms with Gasteiger partial charge in [-0.05, 0) is 31.5 Å². The van der Waals surface area contributed by atoms with Crippen LogP contribution in [0.2, 0.25) is 0 Å². The number of ether oxygens (including phenoxy) is 1. The molecule has 1 aromatic carbocycles. The van der Waals surface area contributed by atoms with Gasteiger partial charge in [-0.15, -0.1) is 0 Å². The summed E-state index contributed by atoms with van der Waals surface area (Å²) >= 11 is 0. The standard InChI is InChI=1S/C19H31N3O2/c1-4-21-10-12-22(13-11-21)15-16(3)14-20-19(23)17-8-6-7-9-18(17)24-5-2/h6-9,16H,4-5,10-15H2,1-3H3,(H,20,23)/t16-/m0/s1. The van der Waals surface area contributed by atoms with Crippen LogP contribution in [0.4, 0.5) is 0 Å². The van der Waals surface area contributed by atoms with E-state index in [0.29, 0.717) is 30.4 Å². The fourth-order valence-electron chi connectivity index (χ4n) is 3.09. The molecule has 5 nitrogen and oxygen atoms in total. The molecule has 1 N–H and O–H groups in total. The van der Waals surface area contributed by atoms with Crippen LogP contribution in [0.1, 0.15) is 31.1 Å². The number of piperazine rings is 1. The molecule has 0 aliphatic carbocycles. The van der Waals surface area contributed by atoms with Gasteiger partial charge in [0.2, 0.25) is 0 Å². The highest BCUT2D eigenvalue weighted by Crippen LogP contribution is 2.17. The molecule has 1 aliphatic rings. The Hall–Kier alpha value is -1.59. The summed E-state index contributed by atoms with van der Waals surface area (Å²) in [5.74, 6) is 1.03. The Morgan fingerprint density at radius 3 is 2.50 bits per heavy atom. The van der Waals surface area contributed by atoms with Crippen molar-refractivity contribution in [1.82, 2.24) is 15.1 Å². The summed E-state index contributed by atoms with van der Waals surface area (Å²) in [6.07, 6.45) is 0. The number of nitrogens with one attached hydrogen (secondary N) is 1. The van der Waals surface area contributed by atoms with Crippen molar-refractivity contribution in [1.29, 1.82) is 0 Å². The number of nitrogens with zero attached hydrogens (tertiary/aromatic N) is 2. The average Bonchev–Trinajstić information content (AvgIpc) is 2.61. The van der Waals surface area contributed by atoms with Crippen molar-refractivity contribution in [3.8, 4) is 5.75 Å². The second-order valence-electron chi connectivity index (χ2n) is 6.48. The van der Waals surface area contributed by atoms with E-state index in [2.05, 4.69) is 29.0 Å². The van der Waals surface area contributed by atoms with Gasteiger partial charge >= 0.3 is 0 Å². The van der Waals surface area contributed by atoms with E-state index in [1.807, 2.05) is 31.2 Å². The highest BCUT2D eigenvalue weighted by Gasteiger charge is 2.18.